The molecule has 0 spiro atoms. The summed E-state index contributed by atoms with van der Waals surface area (Å²) in [6.07, 6.45) is 0.479. The first-order chi connectivity index (χ1) is 11.2. The minimum atomic E-state index is -0.814. The number of aliphatic hydroxyl groups excluding tert-OH is 2. The number of carbonyl (C=O) groups excluding carboxylic acids is 1. The second-order valence-corrected chi connectivity index (χ2v) is 5.53. The zero-order chi connectivity index (χ0) is 16.5. The summed E-state index contributed by atoms with van der Waals surface area (Å²) >= 11 is 0. The number of aliphatic hydroxyl groups is 2. The quantitative estimate of drug-likeness (QED) is 0.702. The van der Waals surface area contributed by atoms with Gasteiger partial charge in [0.2, 0.25) is 5.91 Å². The maximum absolute atomic E-state index is 12.2. The summed E-state index contributed by atoms with van der Waals surface area (Å²) in [5, 5.41) is 22.1. The molecule has 1 amide bonds. The van der Waals surface area contributed by atoms with Gasteiger partial charge in [0.25, 0.3) is 0 Å². The summed E-state index contributed by atoms with van der Waals surface area (Å²) in [6.45, 7) is 0.0891. The van der Waals surface area contributed by atoms with Crippen LogP contribution in [-0.4, -0.2) is 22.7 Å². The van der Waals surface area contributed by atoms with Crippen LogP contribution in [0.25, 0.3) is 0 Å². The Morgan fingerprint density at radius 1 is 0.957 bits per heavy atom. The molecular formula is C19H23NO3. The molecule has 0 radical (unpaired) electrons. The van der Waals surface area contributed by atoms with Crippen LogP contribution in [0.2, 0.25) is 0 Å². The first-order valence-electron chi connectivity index (χ1n) is 7.89. The molecular weight excluding hydrogens is 290 g/mol. The lowest BCUT2D eigenvalue weighted by Crippen LogP contribution is -2.29. The van der Waals surface area contributed by atoms with E-state index in [4.69, 9.17) is 5.11 Å². The average molecular weight is 313 g/mol. The Morgan fingerprint density at radius 3 is 2.09 bits per heavy atom. The van der Waals surface area contributed by atoms with E-state index >= 15 is 0 Å². The number of carbonyl (C=O) groups is 1. The number of rotatable bonds is 8. The van der Waals surface area contributed by atoms with Crippen LogP contribution in [0, 0.1) is 0 Å². The van der Waals surface area contributed by atoms with E-state index < -0.39 is 6.10 Å². The molecule has 23 heavy (non-hydrogen) atoms. The lowest BCUT2D eigenvalue weighted by molar-refractivity contribution is -0.123. The highest BCUT2D eigenvalue weighted by molar-refractivity contribution is 5.77. The Hall–Kier alpha value is -2.17. The molecule has 0 saturated carbocycles. The molecule has 0 bridgehead atoms. The van der Waals surface area contributed by atoms with E-state index in [-0.39, 0.29) is 25.0 Å². The Kier molecular flexibility index (Phi) is 6.78. The molecule has 2 rings (SSSR count). The van der Waals surface area contributed by atoms with E-state index in [1.165, 1.54) is 0 Å². The standard InChI is InChI=1S/C19H23NO3/c21-13-7-12-17(15-8-3-1-4-9-15)20-19(23)14-18(22)16-10-5-2-6-11-16/h1-6,8-11,17-18,21-22H,7,12-14H2,(H,20,23). The van der Waals surface area contributed by atoms with Crippen molar-refractivity contribution in [2.45, 2.75) is 31.4 Å². The second kappa shape index (κ2) is 9.08. The predicted molar refractivity (Wildman–Crippen MR) is 89.7 cm³/mol. The van der Waals surface area contributed by atoms with Gasteiger partial charge in [-0.05, 0) is 24.0 Å². The normalized spacial score (nSPS) is 13.3. The van der Waals surface area contributed by atoms with Gasteiger partial charge >= 0.3 is 0 Å². The maximum Gasteiger partial charge on any atom is 0.223 e. The minimum absolute atomic E-state index is 0.0203. The van der Waals surface area contributed by atoms with Gasteiger partial charge in [-0.3, -0.25) is 4.79 Å². The molecule has 0 heterocycles. The van der Waals surface area contributed by atoms with Crippen molar-refractivity contribution < 1.29 is 15.0 Å². The molecule has 2 atom stereocenters. The molecule has 0 saturated heterocycles. The Balaban J connectivity index is 1.97. The number of amides is 1. The van der Waals surface area contributed by atoms with Crippen molar-refractivity contribution in [3.8, 4) is 0 Å². The number of benzene rings is 2. The topological polar surface area (TPSA) is 69.6 Å². The van der Waals surface area contributed by atoms with E-state index in [1.807, 2.05) is 48.5 Å². The van der Waals surface area contributed by atoms with Gasteiger partial charge in [-0.2, -0.15) is 0 Å². The van der Waals surface area contributed by atoms with Gasteiger partial charge in [0.1, 0.15) is 0 Å². The van der Waals surface area contributed by atoms with Gasteiger partial charge in [0, 0.05) is 6.61 Å². The predicted octanol–water partition coefficient (Wildman–Crippen LogP) is 2.74. The fraction of sp³-hybridized carbons (Fsp3) is 0.316. The zero-order valence-corrected chi connectivity index (χ0v) is 13.1. The van der Waals surface area contributed by atoms with Gasteiger partial charge in [-0.1, -0.05) is 60.7 Å². The third-order valence-corrected chi connectivity index (χ3v) is 3.75. The monoisotopic (exact) mass is 313 g/mol. The molecule has 122 valence electrons. The number of nitrogens with one attached hydrogen (secondary N) is 1. The Labute approximate surface area is 136 Å². The van der Waals surface area contributed by atoms with E-state index in [0.29, 0.717) is 12.8 Å². The van der Waals surface area contributed by atoms with Gasteiger partial charge in [0.05, 0.1) is 18.6 Å². The molecule has 0 aliphatic rings. The molecule has 0 aromatic heterocycles. The van der Waals surface area contributed by atoms with E-state index in [1.54, 1.807) is 12.1 Å². The van der Waals surface area contributed by atoms with Crippen LogP contribution in [0.4, 0.5) is 0 Å². The Bertz CT molecular complexity index is 586. The van der Waals surface area contributed by atoms with E-state index in [2.05, 4.69) is 5.32 Å². The molecule has 2 aromatic carbocycles. The SMILES string of the molecule is O=C(CC(O)c1ccccc1)NC(CCCO)c1ccccc1. The minimum Gasteiger partial charge on any atom is -0.396 e. The van der Waals surface area contributed by atoms with Crippen LogP contribution in [0.15, 0.2) is 60.7 Å². The van der Waals surface area contributed by atoms with Crippen molar-refractivity contribution >= 4 is 5.91 Å². The lowest BCUT2D eigenvalue weighted by atomic mass is 10.0. The fourth-order valence-corrected chi connectivity index (χ4v) is 2.52. The van der Waals surface area contributed by atoms with Crippen LogP contribution >= 0.6 is 0 Å². The summed E-state index contributed by atoms with van der Waals surface area (Å²) in [6, 6.07) is 18.7. The largest absolute Gasteiger partial charge is 0.396 e. The summed E-state index contributed by atoms with van der Waals surface area (Å²) in [4.78, 5) is 12.2. The second-order valence-electron chi connectivity index (χ2n) is 5.53. The third-order valence-electron chi connectivity index (χ3n) is 3.75. The summed E-state index contributed by atoms with van der Waals surface area (Å²) in [7, 11) is 0. The van der Waals surface area contributed by atoms with Crippen LogP contribution in [0.1, 0.15) is 42.5 Å². The maximum atomic E-state index is 12.2. The van der Waals surface area contributed by atoms with Gasteiger partial charge < -0.3 is 15.5 Å². The molecule has 0 fully saturated rings. The smallest absolute Gasteiger partial charge is 0.223 e. The molecule has 4 heteroatoms. The van der Waals surface area contributed by atoms with Gasteiger partial charge in [-0.25, -0.2) is 0 Å². The van der Waals surface area contributed by atoms with E-state index in [9.17, 15) is 9.90 Å². The van der Waals surface area contributed by atoms with E-state index in [0.717, 1.165) is 11.1 Å². The molecule has 0 aliphatic carbocycles. The molecule has 2 aromatic rings. The van der Waals surface area contributed by atoms with Gasteiger partial charge in [-0.15, -0.1) is 0 Å². The summed E-state index contributed by atoms with van der Waals surface area (Å²) in [5.41, 5.74) is 1.73. The van der Waals surface area contributed by atoms with Crippen LogP contribution in [0.3, 0.4) is 0 Å². The average Bonchev–Trinajstić information content (AvgIpc) is 2.60. The van der Waals surface area contributed by atoms with Crippen molar-refractivity contribution in [1.29, 1.82) is 0 Å². The fourth-order valence-electron chi connectivity index (χ4n) is 2.52. The summed E-state index contributed by atoms with van der Waals surface area (Å²) < 4.78 is 0. The van der Waals surface area contributed by atoms with Crippen LogP contribution in [0.5, 0.6) is 0 Å². The molecule has 3 N–H and O–H groups in total. The summed E-state index contributed by atoms with van der Waals surface area (Å²) in [5.74, 6) is -0.201. The number of hydrogen-bond donors (Lipinski definition) is 3. The van der Waals surface area contributed by atoms with Crippen LogP contribution in [-0.2, 0) is 4.79 Å². The first-order valence-corrected chi connectivity index (χ1v) is 7.89. The highest BCUT2D eigenvalue weighted by Gasteiger charge is 2.17. The van der Waals surface area contributed by atoms with Crippen LogP contribution < -0.4 is 5.32 Å². The zero-order valence-electron chi connectivity index (χ0n) is 13.1. The lowest BCUT2D eigenvalue weighted by Gasteiger charge is -2.20. The van der Waals surface area contributed by atoms with Crippen molar-refractivity contribution in [1.82, 2.24) is 5.32 Å². The Morgan fingerprint density at radius 2 is 1.52 bits per heavy atom. The van der Waals surface area contributed by atoms with Crippen molar-refractivity contribution in [2.75, 3.05) is 6.61 Å². The van der Waals surface area contributed by atoms with Crippen molar-refractivity contribution in [2.24, 2.45) is 0 Å². The molecule has 2 unspecified atom stereocenters. The van der Waals surface area contributed by atoms with Gasteiger partial charge in [0.15, 0.2) is 0 Å². The highest BCUT2D eigenvalue weighted by Crippen LogP contribution is 2.20. The third kappa shape index (κ3) is 5.51. The van der Waals surface area contributed by atoms with Crippen molar-refractivity contribution in [3.63, 3.8) is 0 Å². The molecule has 0 aliphatic heterocycles. The van der Waals surface area contributed by atoms with Crippen molar-refractivity contribution in [3.05, 3.63) is 71.8 Å². The molecule has 4 nitrogen and oxygen atoms in total. The number of hydrogen-bond acceptors (Lipinski definition) is 3. The first kappa shape index (κ1) is 17.2. The highest BCUT2D eigenvalue weighted by atomic mass is 16.3.